The van der Waals surface area contributed by atoms with Crippen molar-refractivity contribution in [2.45, 2.75) is 19.4 Å². The van der Waals surface area contributed by atoms with Crippen LogP contribution in [-0.4, -0.2) is 22.9 Å². The van der Waals surface area contributed by atoms with Gasteiger partial charge in [0.1, 0.15) is 5.54 Å². The van der Waals surface area contributed by atoms with Crippen LogP contribution in [0.5, 0.6) is 0 Å². The molecule has 0 aliphatic carbocycles. The topological polar surface area (TPSA) is 91.3 Å². The first-order valence-corrected chi connectivity index (χ1v) is 4.75. The van der Waals surface area contributed by atoms with Gasteiger partial charge in [-0.05, 0) is 20.1 Å². The van der Waals surface area contributed by atoms with Crippen LogP contribution < -0.4 is 11.1 Å². The van der Waals surface area contributed by atoms with Crippen LogP contribution in [0.1, 0.15) is 13.8 Å². The number of hydrogen-bond donors (Lipinski definition) is 2. The zero-order valence-corrected chi connectivity index (χ0v) is 8.60. The van der Waals surface area contributed by atoms with E-state index in [2.05, 4.69) is 10.3 Å². The average Bonchev–Trinajstić information content (AvgIpc) is 2.03. The maximum absolute atomic E-state index is 10.9. The molecule has 5 nitrogen and oxygen atoms in total. The van der Waals surface area contributed by atoms with E-state index in [-0.39, 0.29) is 0 Å². The van der Waals surface area contributed by atoms with Gasteiger partial charge >= 0.3 is 0 Å². The van der Waals surface area contributed by atoms with Crippen molar-refractivity contribution in [3.8, 4) is 6.19 Å². The highest BCUT2D eigenvalue weighted by Crippen LogP contribution is 2.10. The summed E-state index contributed by atoms with van der Waals surface area (Å²) in [4.78, 5) is 14.9. The summed E-state index contributed by atoms with van der Waals surface area (Å²) in [5, 5.41) is 11.1. The third-order valence-electron chi connectivity index (χ3n) is 1.34. The van der Waals surface area contributed by atoms with Gasteiger partial charge in [0.2, 0.25) is 5.91 Å². The van der Waals surface area contributed by atoms with Crippen molar-refractivity contribution in [3.63, 3.8) is 0 Å². The largest absolute Gasteiger partial charge is 0.368 e. The van der Waals surface area contributed by atoms with Crippen molar-refractivity contribution in [1.82, 2.24) is 5.32 Å². The standard InChI is InChI=1S/C7H12N4OS/c1-7(2,5(9)12)11-6(13-3)10-4-8/h1-3H3,(H2,9,12)(H,10,11). The highest BCUT2D eigenvalue weighted by atomic mass is 32.2. The Labute approximate surface area is 81.4 Å². The molecule has 0 aromatic carbocycles. The minimum absolute atomic E-state index is 0.381. The fourth-order valence-electron chi connectivity index (χ4n) is 0.481. The molecule has 6 heteroatoms. The Kier molecular flexibility index (Phi) is 4.28. The molecule has 0 aromatic rings. The van der Waals surface area contributed by atoms with Crippen LogP contribution in [0.3, 0.4) is 0 Å². The van der Waals surface area contributed by atoms with Gasteiger partial charge in [-0.1, -0.05) is 11.8 Å². The lowest BCUT2D eigenvalue weighted by atomic mass is 10.1. The van der Waals surface area contributed by atoms with Crippen molar-refractivity contribution in [1.29, 1.82) is 5.26 Å². The van der Waals surface area contributed by atoms with Gasteiger partial charge < -0.3 is 5.73 Å². The van der Waals surface area contributed by atoms with Gasteiger partial charge in [0.15, 0.2) is 11.4 Å². The van der Waals surface area contributed by atoms with Crippen LogP contribution in [0.2, 0.25) is 0 Å². The minimum atomic E-state index is -0.984. The number of nitrogens with two attached hydrogens (primary N) is 1. The SMILES string of the molecule is CSC(=NC(C)(C)C(N)=O)NC#N. The number of carbonyl (C=O) groups excluding carboxylic acids is 1. The monoisotopic (exact) mass is 200 g/mol. The molecule has 0 rings (SSSR count). The van der Waals surface area contributed by atoms with Gasteiger partial charge in [-0.3, -0.25) is 10.1 Å². The van der Waals surface area contributed by atoms with Gasteiger partial charge in [0.05, 0.1) is 0 Å². The molecular formula is C7H12N4OS. The van der Waals surface area contributed by atoms with Crippen molar-refractivity contribution >= 4 is 22.8 Å². The quantitative estimate of drug-likeness (QED) is 0.285. The van der Waals surface area contributed by atoms with Crippen molar-refractivity contribution < 1.29 is 4.79 Å². The number of primary amides is 1. The van der Waals surface area contributed by atoms with Crippen LogP contribution in [0, 0.1) is 11.5 Å². The maximum atomic E-state index is 10.9. The number of amidine groups is 1. The molecule has 0 aliphatic rings. The highest BCUT2D eigenvalue weighted by Gasteiger charge is 2.24. The van der Waals surface area contributed by atoms with Gasteiger partial charge in [-0.25, -0.2) is 4.99 Å². The molecule has 3 N–H and O–H groups in total. The first-order chi connectivity index (χ1) is 5.94. The van der Waals surface area contributed by atoms with E-state index in [1.54, 1.807) is 26.3 Å². The Bertz CT molecular complexity index is 266. The summed E-state index contributed by atoms with van der Waals surface area (Å²) in [6.45, 7) is 3.18. The molecule has 0 heterocycles. The molecular weight excluding hydrogens is 188 g/mol. The molecule has 0 bridgehead atoms. The van der Waals surface area contributed by atoms with E-state index < -0.39 is 11.4 Å². The van der Waals surface area contributed by atoms with E-state index in [1.165, 1.54) is 11.8 Å². The lowest BCUT2D eigenvalue weighted by Crippen LogP contribution is -2.38. The van der Waals surface area contributed by atoms with Gasteiger partial charge in [-0.15, -0.1) is 0 Å². The second kappa shape index (κ2) is 4.72. The highest BCUT2D eigenvalue weighted by molar-refractivity contribution is 8.13. The van der Waals surface area contributed by atoms with Crippen molar-refractivity contribution in [2.24, 2.45) is 10.7 Å². The number of hydrogen-bond acceptors (Lipinski definition) is 4. The van der Waals surface area contributed by atoms with Crippen LogP contribution in [0.15, 0.2) is 4.99 Å². The van der Waals surface area contributed by atoms with Gasteiger partial charge in [0.25, 0.3) is 0 Å². The van der Waals surface area contributed by atoms with Crippen molar-refractivity contribution in [3.05, 3.63) is 0 Å². The lowest BCUT2D eigenvalue weighted by Gasteiger charge is -2.15. The third kappa shape index (κ3) is 3.80. The fraction of sp³-hybridized carbons (Fsp3) is 0.571. The minimum Gasteiger partial charge on any atom is -0.368 e. The Morgan fingerprint density at radius 1 is 1.69 bits per heavy atom. The molecule has 0 aliphatic heterocycles. The van der Waals surface area contributed by atoms with Gasteiger partial charge in [-0.2, -0.15) is 5.26 Å². The van der Waals surface area contributed by atoms with E-state index >= 15 is 0 Å². The van der Waals surface area contributed by atoms with Crippen molar-refractivity contribution in [2.75, 3.05) is 6.26 Å². The number of nitriles is 1. The summed E-state index contributed by atoms with van der Waals surface area (Å²) in [6, 6.07) is 0. The second-order valence-electron chi connectivity index (χ2n) is 2.78. The summed E-state index contributed by atoms with van der Waals surface area (Å²) in [5.41, 5.74) is 4.12. The number of aliphatic imine (C=N–C) groups is 1. The number of amides is 1. The van der Waals surface area contributed by atoms with E-state index in [4.69, 9.17) is 11.0 Å². The van der Waals surface area contributed by atoms with Crippen LogP contribution in [0.4, 0.5) is 0 Å². The summed E-state index contributed by atoms with van der Waals surface area (Å²) in [5.74, 6) is -0.529. The molecule has 0 unspecified atom stereocenters. The average molecular weight is 200 g/mol. The number of thioether (sulfide) groups is 1. The molecule has 0 aromatic heterocycles. The third-order valence-corrected chi connectivity index (χ3v) is 1.92. The summed E-state index contributed by atoms with van der Waals surface area (Å²) < 4.78 is 0. The van der Waals surface area contributed by atoms with Crippen LogP contribution in [0.25, 0.3) is 0 Å². The Morgan fingerprint density at radius 3 is 2.54 bits per heavy atom. The predicted octanol–water partition coefficient (Wildman–Crippen LogP) is 0.0400. The molecule has 0 spiro atoms. The zero-order valence-electron chi connectivity index (χ0n) is 7.79. The smallest absolute Gasteiger partial charge is 0.244 e. The first kappa shape index (κ1) is 11.8. The Morgan fingerprint density at radius 2 is 2.23 bits per heavy atom. The second-order valence-corrected chi connectivity index (χ2v) is 3.58. The van der Waals surface area contributed by atoms with E-state index in [9.17, 15) is 4.79 Å². The Balaban J connectivity index is 4.69. The summed E-state index contributed by atoms with van der Waals surface area (Å²) in [6.07, 6.45) is 3.48. The fourth-order valence-corrected chi connectivity index (χ4v) is 0.949. The van der Waals surface area contributed by atoms with E-state index in [0.29, 0.717) is 5.17 Å². The van der Waals surface area contributed by atoms with Crippen LogP contribution in [-0.2, 0) is 4.79 Å². The number of rotatable bonds is 2. The summed E-state index contributed by atoms with van der Waals surface area (Å²) in [7, 11) is 0. The normalized spacial score (nSPS) is 12.0. The molecule has 1 amide bonds. The summed E-state index contributed by atoms with van der Waals surface area (Å²) >= 11 is 1.25. The number of nitrogens with zero attached hydrogens (tertiary/aromatic N) is 2. The molecule has 72 valence electrons. The van der Waals surface area contributed by atoms with Gasteiger partial charge in [0, 0.05) is 0 Å². The molecule has 0 saturated heterocycles. The molecule has 13 heavy (non-hydrogen) atoms. The molecule has 0 atom stereocenters. The van der Waals surface area contributed by atoms with Crippen LogP contribution >= 0.6 is 11.8 Å². The Hall–Kier alpha value is -1.22. The van der Waals surface area contributed by atoms with E-state index in [0.717, 1.165) is 0 Å². The predicted molar refractivity (Wildman–Crippen MR) is 53.0 cm³/mol. The molecule has 0 radical (unpaired) electrons. The first-order valence-electron chi connectivity index (χ1n) is 3.53. The lowest BCUT2D eigenvalue weighted by molar-refractivity contribution is -0.121. The number of carbonyl (C=O) groups is 1. The maximum Gasteiger partial charge on any atom is 0.244 e. The molecule has 0 fully saturated rings. The zero-order chi connectivity index (χ0) is 10.5. The molecule has 0 saturated carbocycles. The number of nitrogens with one attached hydrogen (secondary N) is 1. The van der Waals surface area contributed by atoms with E-state index in [1.807, 2.05) is 0 Å².